The number of amides is 1. The molecular weight excluding hydrogens is 442 g/mol. The highest BCUT2D eigenvalue weighted by Crippen LogP contribution is 2.21. The van der Waals surface area contributed by atoms with Crippen molar-refractivity contribution in [2.75, 3.05) is 41.6 Å². The molecule has 3 rings (SSSR count). The number of phenolic OH excluding ortho intramolecular Hbond substituents is 1. The number of carbonyl (C=O) groups is 1. The minimum atomic E-state index is -0.151. The summed E-state index contributed by atoms with van der Waals surface area (Å²) in [6.45, 7) is 6.08. The predicted molar refractivity (Wildman–Crippen MR) is 132 cm³/mol. The molecule has 0 fully saturated rings. The Labute approximate surface area is 196 Å². The molecule has 0 aliphatic heterocycles. The van der Waals surface area contributed by atoms with Crippen LogP contribution in [0, 0.1) is 0 Å². The lowest BCUT2D eigenvalue weighted by Crippen LogP contribution is -2.21. The van der Waals surface area contributed by atoms with Gasteiger partial charge in [0.25, 0.3) is 0 Å². The number of hydrogen-bond acceptors (Lipinski definition) is 9. The summed E-state index contributed by atoms with van der Waals surface area (Å²) >= 11 is 1.20. The fourth-order valence-corrected chi connectivity index (χ4v) is 3.56. The minimum absolute atomic E-state index is 0.0730. The molecule has 0 saturated heterocycles. The first kappa shape index (κ1) is 23.9. The number of benzene rings is 2. The fraction of sp³-hybridized carbons (Fsp3) is 0.273. The number of nitrogens with zero attached hydrogens (tertiary/aromatic N) is 4. The SMILES string of the molecule is CCN(CC)c1ccc(NC(=O)CSc2n[nH]c(N/N=C/c3cc(OC)ccc3O)n2)cc1. The number of rotatable bonds is 11. The van der Waals surface area contributed by atoms with Crippen molar-refractivity contribution in [2.45, 2.75) is 19.0 Å². The predicted octanol–water partition coefficient (Wildman–Crippen LogP) is 3.54. The molecule has 0 atom stereocenters. The number of ether oxygens (including phenoxy) is 1. The number of nitrogens with one attached hydrogen (secondary N) is 3. The number of carbonyl (C=O) groups excluding carboxylic acids is 1. The summed E-state index contributed by atoms with van der Waals surface area (Å²) in [6, 6.07) is 12.6. The maximum Gasteiger partial charge on any atom is 0.240 e. The van der Waals surface area contributed by atoms with Crippen LogP contribution in [0.3, 0.4) is 0 Å². The fourth-order valence-electron chi connectivity index (χ4n) is 2.96. The van der Waals surface area contributed by atoms with E-state index in [0.29, 0.717) is 22.4 Å². The van der Waals surface area contributed by atoms with Crippen molar-refractivity contribution in [1.82, 2.24) is 15.2 Å². The van der Waals surface area contributed by atoms with Crippen LogP contribution in [0.4, 0.5) is 17.3 Å². The Morgan fingerprint density at radius 1 is 1.24 bits per heavy atom. The Balaban J connectivity index is 1.47. The summed E-state index contributed by atoms with van der Waals surface area (Å²) in [5, 5.41) is 23.9. The molecule has 0 unspecified atom stereocenters. The number of aromatic nitrogens is 3. The molecule has 33 heavy (non-hydrogen) atoms. The zero-order valence-electron chi connectivity index (χ0n) is 18.7. The standard InChI is InChI=1S/C22H27N7O3S/c1-4-29(5-2)17-8-6-16(7-9-17)24-20(31)14-33-22-25-21(27-28-22)26-23-13-15-12-18(32-3)10-11-19(15)30/h6-13,30H,4-5,14H2,1-3H3,(H,24,31)(H2,25,26,27,28)/b23-13+. The Kier molecular flexibility index (Phi) is 8.53. The van der Waals surface area contributed by atoms with Gasteiger partial charge >= 0.3 is 0 Å². The Bertz CT molecular complexity index is 1080. The molecule has 10 nitrogen and oxygen atoms in total. The van der Waals surface area contributed by atoms with Gasteiger partial charge in [0.05, 0.1) is 19.1 Å². The summed E-state index contributed by atoms with van der Waals surface area (Å²) in [6.07, 6.45) is 1.44. The van der Waals surface area contributed by atoms with Gasteiger partial charge in [-0.25, -0.2) is 10.5 Å². The summed E-state index contributed by atoms with van der Waals surface area (Å²) in [5.74, 6) is 0.996. The van der Waals surface area contributed by atoms with Gasteiger partial charge in [-0.1, -0.05) is 11.8 Å². The number of aromatic hydroxyl groups is 1. The monoisotopic (exact) mass is 469 g/mol. The third-order valence-corrected chi connectivity index (χ3v) is 5.53. The molecular formula is C22H27N7O3S. The third kappa shape index (κ3) is 6.88. The van der Waals surface area contributed by atoms with Gasteiger partial charge < -0.3 is 20.1 Å². The van der Waals surface area contributed by atoms with Gasteiger partial charge in [-0.3, -0.25) is 4.79 Å². The number of methoxy groups -OCH3 is 1. The summed E-state index contributed by atoms with van der Waals surface area (Å²) in [7, 11) is 1.54. The average Bonchev–Trinajstić information content (AvgIpc) is 3.28. The Hall–Kier alpha value is -3.73. The van der Waals surface area contributed by atoms with Crippen molar-refractivity contribution in [3.63, 3.8) is 0 Å². The van der Waals surface area contributed by atoms with Crippen molar-refractivity contribution in [3.8, 4) is 11.5 Å². The summed E-state index contributed by atoms with van der Waals surface area (Å²) in [5.41, 5.74) is 5.05. The first-order valence-electron chi connectivity index (χ1n) is 10.4. The molecule has 174 valence electrons. The Morgan fingerprint density at radius 3 is 2.70 bits per heavy atom. The number of phenols is 1. The normalized spacial score (nSPS) is 10.9. The largest absolute Gasteiger partial charge is 0.507 e. The lowest BCUT2D eigenvalue weighted by Gasteiger charge is -2.21. The van der Waals surface area contributed by atoms with Gasteiger partial charge in [-0.05, 0) is 56.3 Å². The molecule has 0 saturated carbocycles. The number of hydrogen-bond donors (Lipinski definition) is 4. The molecule has 0 aliphatic carbocycles. The van der Waals surface area contributed by atoms with Gasteiger partial charge in [-0.15, -0.1) is 5.10 Å². The van der Waals surface area contributed by atoms with Crippen LogP contribution < -0.4 is 20.4 Å². The van der Waals surface area contributed by atoms with E-state index in [9.17, 15) is 9.90 Å². The van der Waals surface area contributed by atoms with Crippen LogP contribution in [-0.4, -0.2) is 58.4 Å². The molecule has 11 heteroatoms. The lowest BCUT2D eigenvalue weighted by atomic mass is 10.2. The summed E-state index contributed by atoms with van der Waals surface area (Å²) < 4.78 is 5.13. The molecule has 1 heterocycles. The molecule has 4 N–H and O–H groups in total. The van der Waals surface area contributed by atoms with E-state index >= 15 is 0 Å². The minimum Gasteiger partial charge on any atom is -0.507 e. The molecule has 0 aliphatic rings. The number of hydrazone groups is 1. The maximum atomic E-state index is 12.3. The van der Waals surface area contributed by atoms with E-state index in [2.05, 4.69) is 49.8 Å². The molecule has 1 amide bonds. The van der Waals surface area contributed by atoms with Gasteiger partial charge in [-0.2, -0.15) is 10.1 Å². The van der Waals surface area contributed by atoms with E-state index in [1.807, 2.05) is 24.3 Å². The highest BCUT2D eigenvalue weighted by molar-refractivity contribution is 7.99. The van der Waals surface area contributed by atoms with Crippen LogP contribution >= 0.6 is 11.8 Å². The maximum absolute atomic E-state index is 12.3. The number of anilines is 3. The average molecular weight is 470 g/mol. The molecule has 3 aromatic rings. The zero-order valence-corrected chi connectivity index (χ0v) is 19.5. The number of H-pyrrole nitrogens is 1. The van der Waals surface area contributed by atoms with Gasteiger partial charge in [0.15, 0.2) is 0 Å². The second-order valence-electron chi connectivity index (χ2n) is 6.82. The first-order valence-corrected chi connectivity index (χ1v) is 11.4. The second kappa shape index (κ2) is 11.8. The highest BCUT2D eigenvalue weighted by Gasteiger charge is 2.09. The van der Waals surface area contributed by atoms with Crippen molar-refractivity contribution in [2.24, 2.45) is 5.10 Å². The smallest absolute Gasteiger partial charge is 0.240 e. The molecule has 1 aromatic heterocycles. The number of thioether (sulfide) groups is 1. The quantitative estimate of drug-likeness (QED) is 0.191. The van der Waals surface area contributed by atoms with E-state index in [4.69, 9.17) is 4.74 Å². The van der Waals surface area contributed by atoms with Crippen molar-refractivity contribution < 1.29 is 14.6 Å². The van der Waals surface area contributed by atoms with Crippen LogP contribution in [0.1, 0.15) is 19.4 Å². The van der Waals surface area contributed by atoms with Crippen molar-refractivity contribution in [3.05, 3.63) is 48.0 Å². The lowest BCUT2D eigenvalue weighted by molar-refractivity contribution is -0.113. The Morgan fingerprint density at radius 2 is 2.00 bits per heavy atom. The van der Waals surface area contributed by atoms with Crippen LogP contribution in [0.15, 0.2) is 52.7 Å². The highest BCUT2D eigenvalue weighted by atomic mass is 32.2. The van der Waals surface area contributed by atoms with Gasteiger partial charge in [0.1, 0.15) is 11.5 Å². The summed E-state index contributed by atoms with van der Waals surface area (Å²) in [4.78, 5) is 18.7. The number of aromatic amines is 1. The van der Waals surface area contributed by atoms with Crippen molar-refractivity contribution in [1.29, 1.82) is 0 Å². The molecule has 0 spiro atoms. The van der Waals surface area contributed by atoms with Gasteiger partial charge in [0.2, 0.25) is 17.0 Å². The topological polar surface area (TPSA) is 128 Å². The van der Waals surface area contributed by atoms with Crippen LogP contribution in [0.2, 0.25) is 0 Å². The zero-order chi connectivity index (χ0) is 23.6. The molecule has 0 radical (unpaired) electrons. The van der Waals surface area contributed by atoms with E-state index in [-0.39, 0.29) is 17.4 Å². The van der Waals surface area contributed by atoms with Gasteiger partial charge in [0, 0.05) is 30.0 Å². The first-order chi connectivity index (χ1) is 16.0. The van der Waals surface area contributed by atoms with Crippen LogP contribution in [0.25, 0.3) is 0 Å². The van der Waals surface area contributed by atoms with Crippen LogP contribution in [-0.2, 0) is 4.79 Å². The second-order valence-corrected chi connectivity index (χ2v) is 7.76. The van der Waals surface area contributed by atoms with E-state index < -0.39 is 0 Å². The van der Waals surface area contributed by atoms with Crippen molar-refractivity contribution >= 4 is 41.2 Å². The van der Waals surface area contributed by atoms with E-state index in [0.717, 1.165) is 24.5 Å². The van der Waals surface area contributed by atoms with Crippen LogP contribution in [0.5, 0.6) is 11.5 Å². The van der Waals surface area contributed by atoms with E-state index in [1.165, 1.54) is 24.0 Å². The van der Waals surface area contributed by atoms with E-state index in [1.54, 1.807) is 19.2 Å². The third-order valence-electron chi connectivity index (χ3n) is 4.69. The molecule has 2 aromatic carbocycles. The molecule has 0 bridgehead atoms.